The maximum atomic E-state index is 13.3. The summed E-state index contributed by atoms with van der Waals surface area (Å²) in [6.45, 7) is 7.73. The first-order valence-corrected chi connectivity index (χ1v) is 10.7. The topological polar surface area (TPSA) is 68.3 Å². The Bertz CT molecular complexity index is 1050. The second-order valence-electron chi connectivity index (χ2n) is 8.73. The molecule has 0 aliphatic rings. The number of hydrogen-bond donors (Lipinski definition) is 1. The van der Waals surface area contributed by atoms with Crippen molar-refractivity contribution in [2.24, 2.45) is 0 Å². The molecule has 0 fully saturated rings. The van der Waals surface area contributed by atoms with Crippen molar-refractivity contribution >= 4 is 22.6 Å². The van der Waals surface area contributed by atoms with Gasteiger partial charge in [0, 0.05) is 30.7 Å². The van der Waals surface area contributed by atoms with Gasteiger partial charge in [-0.1, -0.05) is 49.4 Å². The summed E-state index contributed by atoms with van der Waals surface area (Å²) in [5.74, 6) is -0.403. The van der Waals surface area contributed by atoms with Gasteiger partial charge >= 0.3 is 6.09 Å². The lowest BCUT2D eigenvalue weighted by atomic mass is 9.90. The van der Waals surface area contributed by atoms with Crippen molar-refractivity contribution in [2.45, 2.75) is 52.1 Å². The summed E-state index contributed by atoms with van der Waals surface area (Å²) >= 11 is 0. The van der Waals surface area contributed by atoms with Crippen LogP contribution in [0.5, 0.6) is 0 Å². The first kappa shape index (κ1) is 22.5. The number of aryl methyl sites for hydroxylation is 1. The van der Waals surface area contributed by atoms with Crippen LogP contribution >= 0.6 is 0 Å². The number of carbonyl (C=O) groups is 2. The number of nitrogens with one attached hydrogen (secondary N) is 1. The Morgan fingerprint density at radius 3 is 2.39 bits per heavy atom. The van der Waals surface area contributed by atoms with Gasteiger partial charge in [-0.25, -0.2) is 4.79 Å². The van der Waals surface area contributed by atoms with E-state index in [-0.39, 0.29) is 18.7 Å². The lowest BCUT2D eigenvalue weighted by molar-refractivity contribution is -0.119. The number of hydrogen-bond acceptors (Lipinski definition) is 4. The molecule has 0 aliphatic heterocycles. The Balaban J connectivity index is 1.79. The summed E-state index contributed by atoms with van der Waals surface area (Å²) in [7, 11) is 0. The number of aromatic nitrogens is 1. The number of rotatable bonds is 7. The Morgan fingerprint density at radius 1 is 1.00 bits per heavy atom. The number of amides is 1. The molecule has 1 unspecified atom stereocenters. The van der Waals surface area contributed by atoms with Crippen LogP contribution in [0.1, 0.15) is 50.3 Å². The number of alkyl carbamates (subject to hydrolysis) is 1. The highest BCUT2D eigenvalue weighted by Gasteiger charge is 2.23. The van der Waals surface area contributed by atoms with E-state index in [9.17, 15) is 9.59 Å². The van der Waals surface area contributed by atoms with Crippen LogP contribution in [-0.2, 0) is 22.4 Å². The first-order valence-electron chi connectivity index (χ1n) is 10.7. The number of Topliss-reactive ketones (excluding diaryl/α,β-unsaturated/α-hetero) is 1. The predicted molar refractivity (Wildman–Crippen MR) is 123 cm³/mol. The van der Waals surface area contributed by atoms with Crippen molar-refractivity contribution in [2.75, 3.05) is 6.54 Å². The molecule has 1 atom stereocenters. The molecule has 0 aliphatic carbocycles. The SMILES string of the molecule is CCc1ccc(C(CNC(=O)OC(C)(C)C)C(=O)Cc2ccc3cnccc3c2)cc1. The third-order valence-corrected chi connectivity index (χ3v) is 5.11. The van der Waals surface area contributed by atoms with Crippen LogP contribution in [0.4, 0.5) is 4.79 Å². The third-order valence-electron chi connectivity index (χ3n) is 5.11. The molecule has 31 heavy (non-hydrogen) atoms. The lowest BCUT2D eigenvalue weighted by Gasteiger charge is -2.22. The molecule has 0 saturated heterocycles. The highest BCUT2D eigenvalue weighted by atomic mass is 16.6. The smallest absolute Gasteiger partial charge is 0.407 e. The van der Waals surface area contributed by atoms with Gasteiger partial charge in [-0.05, 0) is 55.3 Å². The minimum absolute atomic E-state index is 0.0497. The molecule has 1 amide bonds. The van der Waals surface area contributed by atoms with Crippen molar-refractivity contribution in [3.05, 3.63) is 77.6 Å². The fraction of sp³-hybridized carbons (Fsp3) is 0.346. The van der Waals surface area contributed by atoms with E-state index in [0.717, 1.165) is 28.3 Å². The zero-order valence-electron chi connectivity index (χ0n) is 18.6. The van der Waals surface area contributed by atoms with Crippen molar-refractivity contribution in [3.63, 3.8) is 0 Å². The largest absolute Gasteiger partial charge is 0.444 e. The third kappa shape index (κ3) is 6.38. The summed E-state index contributed by atoms with van der Waals surface area (Å²) in [6.07, 6.45) is 4.25. The highest BCUT2D eigenvalue weighted by Crippen LogP contribution is 2.22. The van der Waals surface area contributed by atoms with Gasteiger partial charge in [0.1, 0.15) is 11.4 Å². The van der Waals surface area contributed by atoms with E-state index in [1.54, 1.807) is 6.20 Å². The van der Waals surface area contributed by atoms with Crippen LogP contribution in [-0.4, -0.2) is 29.0 Å². The summed E-state index contributed by atoms with van der Waals surface area (Å²) in [6, 6.07) is 15.9. The van der Waals surface area contributed by atoms with Crippen LogP contribution in [0.25, 0.3) is 10.8 Å². The van der Waals surface area contributed by atoms with Crippen LogP contribution in [0, 0.1) is 0 Å². The fourth-order valence-electron chi connectivity index (χ4n) is 3.47. The minimum Gasteiger partial charge on any atom is -0.444 e. The highest BCUT2D eigenvalue weighted by molar-refractivity contribution is 5.90. The van der Waals surface area contributed by atoms with Crippen molar-refractivity contribution in [1.29, 1.82) is 0 Å². The van der Waals surface area contributed by atoms with Gasteiger partial charge in [0.15, 0.2) is 0 Å². The van der Waals surface area contributed by atoms with Gasteiger partial charge < -0.3 is 10.1 Å². The Labute approximate surface area is 183 Å². The normalized spacial score (nSPS) is 12.4. The standard InChI is InChI=1S/C26H30N2O3/c1-5-18-6-9-20(10-7-18)23(17-28-25(30)31-26(2,3)4)24(29)15-19-8-11-22-16-27-13-12-21(22)14-19/h6-14,16,23H,5,15,17H2,1-4H3,(H,28,30). The van der Waals surface area contributed by atoms with E-state index in [4.69, 9.17) is 4.74 Å². The summed E-state index contributed by atoms with van der Waals surface area (Å²) in [5.41, 5.74) is 2.45. The number of pyridine rings is 1. The molecule has 2 aromatic carbocycles. The van der Waals surface area contributed by atoms with E-state index in [1.165, 1.54) is 5.56 Å². The second-order valence-corrected chi connectivity index (χ2v) is 8.73. The van der Waals surface area contributed by atoms with Gasteiger partial charge in [-0.15, -0.1) is 0 Å². The number of carbonyl (C=O) groups excluding carboxylic acids is 2. The van der Waals surface area contributed by atoms with Gasteiger partial charge in [-0.3, -0.25) is 9.78 Å². The van der Waals surface area contributed by atoms with E-state index < -0.39 is 17.6 Å². The molecule has 5 nitrogen and oxygen atoms in total. The van der Waals surface area contributed by atoms with E-state index >= 15 is 0 Å². The number of fused-ring (bicyclic) bond motifs is 1. The second kappa shape index (κ2) is 9.73. The molecule has 0 spiro atoms. The maximum absolute atomic E-state index is 13.3. The van der Waals surface area contributed by atoms with E-state index in [0.29, 0.717) is 0 Å². The molecule has 1 aromatic heterocycles. The molecule has 3 aromatic rings. The van der Waals surface area contributed by atoms with E-state index in [2.05, 4.69) is 17.2 Å². The Kier molecular flexibility index (Phi) is 7.06. The Hall–Kier alpha value is -3.21. The van der Waals surface area contributed by atoms with Crippen molar-refractivity contribution in [1.82, 2.24) is 10.3 Å². The molecule has 3 rings (SSSR count). The van der Waals surface area contributed by atoms with Gasteiger partial charge in [0.25, 0.3) is 0 Å². The molecule has 1 N–H and O–H groups in total. The zero-order valence-corrected chi connectivity index (χ0v) is 18.6. The number of ether oxygens (including phenoxy) is 1. The lowest BCUT2D eigenvalue weighted by Crippen LogP contribution is -2.36. The average molecular weight is 419 g/mol. The zero-order chi connectivity index (χ0) is 22.4. The molecular formula is C26H30N2O3. The average Bonchev–Trinajstić information content (AvgIpc) is 2.73. The van der Waals surface area contributed by atoms with Gasteiger partial charge in [0.2, 0.25) is 0 Å². The molecule has 0 bridgehead atoms. The summed E-state index contributed by atoms with van der Waals surface area (Å²) < 4.78 is 5.34. The van der Waals surface area contributed by atoms with Gasteiger partial charge in [-0.2, -0.15) is 0 Å². The number of benzene rings is 2. The fourth-order valence-corrected chi connectivity index (χ4v) is 3.47. The predicted octanol–water partition coefficient (Wildman–Crippen LogP) is 5.22. The summed E-state index contributed by atoms with van der Waals surface area (Å²) in [4.78, 5) is 29.6. The van der Waals surface area contributed by atoms with Crippen LogP contribution < -0.4 is 5.32 Å². The molecule has 0 radical (unpaired) electrons. The van der Waals surface area contributed by atoms with Crippen molar-refractivity contribution < 1.29 is 14.3 Å². The molecule has 5 heteroatoms. The van der Waals surface area contributed by atoms with Gasteiger partial charge in [0.05, 0.1) is 5.92 Å². The first-order chi connectivity index (χ1) is 14.7. The number of ketones is 1. The van der Waals surface area contributed by atoms with Crippen LogP contribution in [0.3, 0.4) is 0 Å². The van der Waals surface area contributed by atoms with Crippen LogP contribution in [0.15, 0.2) is 60.9 Å². The molecule has 162 valence electrons. The molecule has 1 heterocycles. The minimum atomic E-state index is -0.591. The number of nitrogens with zero attached hydrogens (tertiary/aromatic N) is 1. The van der Waals surface area contributed by atoms with Crippen molar-refractivity contribution in [3.8, 4) is 0 Å². The molecule has 0 saturated carbocycles. The maximum Gasteiger partial charge on any atom is 0.407 e. The van der Waals surface area contributed by atoms with E-state index in [1.807, 2.05) is 75.5 Å². The Morgan fingerprint density at radius 2 is 1.71 bits per heavy atom. The van der Waals surface area contributed by atoms with Crippen LogP contribution in [0.2, 0.25) is 0 Å². The summed E-state index contributed by atoms with van der Waals surface area (Å²) in [5, 5.41) is 4.86. The molecular weight excluding hydrogens is 388 g/mol. The monoisotopic (exact) mass is 418 g/mol. The quantitative estimate of drug-likeness (QED) is 0.571.